The molecule has 1 aromatic heterocycles. The highest BCUT2D eigenvalue weighted by Crippen LogP contribution is 2.17. The second-order valence-corrected chi connectivity index (χ2v) is 5.33. The van der Waals surface area contributed by atoms with Crippen molar-refractivity contribution in [3.05, 3.63) is 30.0 Å². The van der Waals surface area contributed by atoms with Crippen LogP contribution in [-0.2, 0) is 7.05 Å². The Bertz CT molecular complexity index is 613. The number of nitrogens with one attached hydrogen (secondary N) is 2. The van der Waals surface area contributed by atoms with Gasteiger partial charge in [-0.3, -0.25) is 9.48 Å². The molecular weight excluding hydrogens is 252 g/mol. The van der Waals surface area contributed by atoms with Gasteiger partial charge >= 0.3 is 0 Å². The van der Waals surface area contributed by atoms with E-state index in [-0.39, 0.29) is 5.91 Å². The standard InChI is InChI=1S/C15H20N4O/c1-19-13-7-3-2-6-12(13)14(18-19)15(20)17-10-8-11-5-4-9-16-11/h2-3,6-7,11,16H,4-5,8-10H2,1H3,(H,17,20)/t11-/m0/s1. The molecule has 2 aromatic rings. The Labute approximate surface area is 118 Å². The van der Waals surface area contributed by atoms with E-state index in [0.29, 0.717) is 18.3 Å². The smallest absolute Gasteiger partial charge is 0.272 e. The molecule has 1 fully saturated rings. The molecule has 0 unspecified atom stereocenters. The monoisotopic (exact) mass is 272 g/mol. The SMILES string of the molecule is Cn1nc(C(=O)NCC[C@@H]2CCCN2)c2ccccc21. The third-order valence-corrected chi connectivity index (χ3v) is 3.91. The van der Waals surface area contributed by atoms with Gasteiger partial charge in [0.05, 0.1) is 5.52 Å². The summed E-state index contributed by atoms with van der Waals surface area (Å²) in [6.07, 6.45) is 3.43. The van der Waals surface area contributed by atoms with Crippen LogP contribution in [-0.4, -0.2) is 34.8 Å². The number of carbonyl (C=O) groups is 1. The average Bonchev–Trinajstić information content (AvgIpc) is 3.08. The molecule has 106 valence electrons. The van der Waals surface area contributed by atoms with Gasteiger partial charge in [-0.2, -0.15) is 5.10 Å². The predicted octanol–water partition coefficient (Wildman–Crippen LogP) is 1.45. The van der Waals surface area contributed by atoms with Crippen LogP contribution in [0.15, 0.2) is 24.3 Å². The van der Waals surface area contributed by atoms with Crippen LogP contribution in [0, 0.1) is 0 Å². The van der Waals surface area contributed by atoms with E-state index in [2.05, 4.69) is 15.7 Å². The summed E-state index contributed by atoms with van der Waals surface area (Å²) < 4.78 is 1.75. The van der Waals surface area contributed by atoms with Crippen molar-refractivity contribution in [2.24, 2.45) is 7.05 Å². The number of nitrogens with zero attached hydrogens (tertiary/aromatic N) is 2. The molecule has 2 heterocycles. The Morgan fingerprint density at radius 3 is 3.15 bits per heavy atom. The molecule has 0 saturated carbocycles. The lowest BCUT2D eigenvalue weighted by molar-refractivity contribution is 0.0948. The summed E-state index contributed by atoms with van der Waals surface area (Å²) in [6, 6.07) is 8.36. The van der Waals surface area contributed by atoms with Gasteiger partial charge in [-0.25, -0.2) is 0 Å². The first-order chi connectivity index (χ1) is 9.75. The number of aryl methyl sites for hydroxylation is 1. The second kappa shape index (κ2) is 5.63. The number of amides is 1. The van der Waals surface area contributed by atoms with Gasteiger partial charge in [-0.1, -0.05) is 18.2 Å². The minimum absolute atomic E-state index is 0.0835. The molecule has 3 rings (SSSR count). The third-order valence-electron chi connectivity index (χ3n) is 3.91. The van der Waals surface area contributed by atoms with E-state index in [1.165, 1.54) is 12.8 Å². The Morgan fingerprint density at radius 2 is 2.35 bits per heavy atom. The summed E-state index contributed by atoms with van der Waals surface area (Å²) in [5, 5.41) is 11.6. The van der Waals surface area contributed by atoms with Crippen molar-refractivity contribution < 1.29 is 4.79 Å². The molecule has 0 spiro atoms. The molecular formula is C15H20N4O. The van der Waals surface area contributed by atoms with Crippen molar-refractivity contribution in [1.29, 1.82) is 0 Å². The molecule has 1 aliphatic rings. The lowest BCUT2D eigenvalue weighted by Gasteiger charge is -2.10. The zero-order valence-corrected chi connectivity index (χ0v) is 11.7. The second-order valence-electron chi connectivity index (χ2n) is 5.33. The summed E-state index contributed by atoms with van der Waals surface area (Å²) in [4.78, 5) is 12.2. The van der Waals surface area contributed by atoms with Gasteiger partial charge in [0.15, 0.2) is 5.69 Å². The van der Waals surface area contributed by atoms with E-state index in [9.17, 15) is 4.79 Å². The van der Waals surface area contributed by atoms with Gasteiger partial charge in [-0.15, -0.1) is 0 Å². The van der Waals surface area contributed by atoms with E-state index in [1.54, 1.807) is 4.68 Å². The van der Waals surface area contributed by atoms with Gasteiger partial charge in [0, 0.05) is 25.0 Å². The molecule has 1 aliphatic heterocycles. The minimum Gasteiger partial charge on any atom is -0.351 e. The number of benzene rings is 1. The van der Waals surface area contributed by atoms with Crippen molar-refractivity contribution >= 4 is 16.8 Å². The third kappa shape index (κ3) is 2.54. The summed E-state index contributed by atoms with van der Waals surface area (Å²) in [6.45, 7) is 1.80. The maximum Gasteiger partial charge on any atom is 0.272 e. The van der Waals surface area contributed by atoms with Crippen molar-refractivity contribution in [2.75, 3.05) is 13.1 Å². The maximum absolute atomic E-state index is 12.2. The highest BCUT2D eigenvalue weighted by Gasteiger charge is 2.17. The topological polar surface area (TPSA) is 59.0 Å². The van der Waals surface area contributed by atoms with E-state index in [4.69, 9.17) is 0 Å². The van der Waals surface area contributed by atoms with Crippen molar-refractivity contribution in [1.82, 2.24) is 20.4 Å². The van der Waals surface area contributed by atoms with Crippen LogP contribution in [0.1, 0.15) is 29.8 Å². The quantitative estimate of drug-likeness (QED) is 0.885. The molecule has 5 nitrogen and oxygen atoms in total. The summed E-state index contributed by atoms with van der Waals surface area (Å²) in [7, 11) is 1.86. The molecule has 2 N–H and O–H groups in total. The summed E-state index contributed by atoms with van der Waals surface area (Å²) in [5.41, 5.74) is 1.50. The largest absolute Gasteiger partial charge is 0.351 e. The van der Waals surface area contributed by atoms with Crippen molar-refractivity contribution in [2.45, 2.75) is 25.3 Å². The Balaban J connectivity index is 1.66. The fourth-order valence-corrected chi connectivity index (χ4v) is 2.83. The van der Waals surface area contributed by atoms with Crippen LogP contribution in [0.2, 0.25) is 0 Å². The van der Waals surface area contributed by atoms with Gasteiger partial charge in [0.2, 0.25) is 0 Å². The molecule has 5 heteroatoms. The van der Waals surface area contributed by atoms with E-state index in [1.807, 2.05) is 31.3 Å². The number of para-hydroxylation sites is 1. The number of rotatable bonds is 4. The summed E-state index contributed by atoms with van der Waals surface area (Å²) >= 11 is 0. The van der Waals surface area contributed by atoms with Crippen LogP contribution in [0.3, 0.4) is 0 Å². The fraction of sp³-hybridized carbons (Fsp3) is 0.467. The first-order valence-corrected chi connectivity index (χ1v) is 7.19. The van der Waals surface area contributed by atoms with Crippen LogP contribution in [0.25, 0.3) is 10.9 Å². The number of hydrogen-bond donors (Lipinski definition) is 2. The first kappa shape index (κ1) is 13.1. The van der Waals surface area contributed by atoms with Gasteiger partial charge in [0.1, 0.15) is 0 Å². The Kier molecular flexibility index (Phi) is 3.69. The van der Waals surface area contributed by atoms with E-state index >= 15 is 0 Å². The van der Waals surface area contributed by atoms with Crippen molar-refractivity contribution in [3.8, 4) is 0 Å². The number of aromatic nitrogens is 2. The molecule has 0 radical (unpaired) electrons. The highest BCUT2D eigenvalue weighted by molar-refractivity contribution is 6.04. The predicted molar refractivity (Wildman–Crippen MR) is 78.7 cm³/mol. The van der Waals surface area contributed by atoms with Gasteiger partial charge in [-0.05, 0) is 31.9 Å². The van der Waals surface area contributed by atoms with Crippen LogP contribution < -0.4 is 10.6 Å². The summed E-state index contributed by atoms with van der Waals surface area (Å²) in [5.74, 6) is -0.0835. The molecule has 1 atom stereocenters. The fourth-order valence-electron chi connectivity index (χ4n) is 2.83. The Morgan fingerprint density at radius 1 is 1.50 bits per heavy atom. The molecule has 0 aliphatic carbocycles. The Hall–Kier alpha value is -1.88. The first-order valence-electron chi connectivity index (χ1n) is 7.19. The molecule has 1 saturated heterocycles. The molecule has 20 heavy (non-hydrogen) atoms. The minimum atomic E-state index is -0.0835. The van der Waals surface area contributed by atoms with Crippen LogP contribution in [0.5, 0.6) is 0 Å². The molecule has 1 aromatic carbocycles. The zero-order chi connectivity index (χ0) is 13.9. The average molecular weight is 272 g/mol. The zero-order valence-electron chi connectivity index (χ0n) is 11.7. The lowest BCUT2D eigenvalue weighted by atomic mass is 10.1. The van der Waals surface area contributed by atoms with Crippen molar-refractivity contribution in [3.63, 3.8) is 0 Å². The molecule has 1 amide bonds. The normalized spacial score (nSPS) is 18.6. The number of fused-ring (bicyclic) bond motifs is 1. The lowest BCUT2D eigenvalue weighted by Crippen LogP contribution is -2.30. The van der Waals surface area contributed by atoms with Crippen LogP contribution in [0.4, 0.5) is 0 Å². The van der Waals surface area contributed by atoms with E-state index < -0.39 is 0 Å². The van der Waals surface area contributed by atoms with E-state index in [0.717, 1.165) is 23.9 Å². The molecule has 0 bridgehead atoms. The highest BCUT2D eigenvalue weighted by atomic mass is 16.1. The van der Waals surface area contributed by atoms with Gasteiger partial charge in [0.25, 0.3) is 5.91 Å². The van der Waals surface area contributed by atoms with Crippen LogP contribution >= 0.6 is 0 Å². The maximum atomic E-state index is 12.2. The number of hydrogen-bond acceptors (Lipinski definition) is 3. The number of carbonyl (C=O) groups excluding carboxylic acids is 1. The van der Waals surface area contributed by atoms with Gasteiger partial charge < -0.3 is 10.6 Å².